The summed E-state index contributed by atoms with van der Waals surface area (Å²) in [4.78, 5) is 60.6. The van der Waals surface area contributed by atoms with Gasteiger partial charge in [0.25, 0.3) is 10.1 Å². The number of carbonyl (C=O) groups is 4. The third kappa shape index (κ3) is 32.6. The summed E-state index contributed by atoms with van der Waals surface area (Å²) in [6.07, 6.45) is 20.1. The van der Waals surface area contributed by atoms with Gasteiger partial charge in [0.1, 0.15) is 45.9 Å². The van der Waals surface area contributed by atoms with Crippen LogP contribution in [-0.4, -0.2) is 150 Å². The molecule has 3 aliphatic heterocycles. The largest absolute Gasteiger partial charge is 0.488 e. The Morgan fingerprint density at radius 1 is 0.469 bits per heavy atom. The number of likely N-dealkylation sites (tertiary alicyclic amines) is 2. The first kappa shape index (κ1) is 115. The summed E-state index contributed by atoms with van der Waals surface area (Å²) < 4.78 is 118. The number of esters is 1. The molecule has 772 valence electrons. The zero-order valence-corrected chi connectivity index (χ0v) is 87.4. The van der Waals surface area contributed by atoms with Gasteiger partial charge in [0.15, 0.2) is 0 Å². The number of carboxylic acids is 1. The van der Waals surface area contributed by atoms with E-state index in [0.29, 0.717) is 37.6 Å². The monoisotopic (exact) mass is 2090 g/mol. The molecule has 0 unspecified atom stereocenters. The number of aliphatic carboxylic acids is 1. The number of aromatic nitrogens is 5. The minimum absolute atomic E-state index is 0. The first-order chi connectivity index (χ1) is 67.9. The van der Waals surface area contributed by atoms with E-state index in [9.17, 15) is 54.7 Å². The van der Waals surface area contributed by atoms with Crippen LogP contribution in [0.2, 0.25) is 0 Å². The lowest BCUT2D eigenvalue weighted by atomic mass is 9.77. The van der Waals surface area contributed by atoms with Crippen molar-refractivity contribution in [3.8, 4) is 33.4 Å². The SMILES string of the molecule is C.CC(C)(C)OC(=O)C[C@H](C(=O)O)C1CCCCC1.Cc1ccc(S(=O)(=O)OC[C@@H]2CCCN2C(=O)OC(C)(C)C)cc1.Cc1ccccc1-c1c[nH]c2ccc(F)cc12.Cc1ccccc1-c1cn(C[C@@H]2CCCN2)c2ccc(F)cc12.Cc1ccccc1-c1cn(C[C@@H]2CCCN2C(=O)OC(C)(C)C)c2ccc(F)cc12.Cc1ccccc1B(O)O.Cl.Fc1ccc2[nH]cc(Br)c2c1.Fc1ccc2[nH]ccc2c1. The summed E-state index contributed by atoms with van der Waals surface area (Å²) in [5.41, 5.74) is 15.9. The zero-order chi connectivity index (χ0) is 103. The number of aryl methyl sites for hydroxylation is 5. The number of amides is 2. The van der Waals surface area contributed by atoms with Crippen molar-refractivity contribution in [1.82, 2.24) is 39.2 Å². The molecule has 15 aromatic rings. The Balaban J connectivity index is 0.000000174. The lowest BCUT2D eigenvalue weighted by Gasteiger charge is -2.29. The van der Waals surface area contributed by atoms with Gasteiger partial charge in [0.05, 0.1) is 35.9 Å². The van der Waals surface area contributed by atoms with Crippen molar-refractivity contribution >= 4 is 130 Å². The van der Waals surface area contributed by atoms with Crippen LogP contribution in [0.5, 0.6) is 0 Å². The van der Waals surface area contributed by atoms with Gasteiger partial charge in [-0.3, -0.25) is 13.8 Å². The summed E-state index contributed by atoms with van der Waals surface area (Å²) in [5, 5.41) is 35.0. The molecule has 10 aromatic carbocycles. The highest BCUT2D eigenvalue weighted by Gasteiger charge is 2.37. The molecule has 19 rings (SSSR count). The number of halogens is 7. The van der Waals surface area contributed by atoms with E-state index in [1.165, 1.54) is 84.5 Å². The zero-order valence-electron chi connectivity index (χ0n) is 84.2. The molecule has 7 N–H and O–H groups in total. The molecule has 0 radical (unpaired) electrons. The number of nitrogens with one attached hydrogen (secondary N) is 4. The number of hydrogen-bond acceptors (Lipinski definition) is 13. The summed E-state index contributed by atoms with van der Waals surface area (Å²) in [5.74, 6) is -2.75. The number of carboxylic acid groups (broad SMARTS) is 1. The van der Waals surface area contributed by atoms with Crippen molar-refractivity contribution in [1.29, 1.82) is 0 Å². The van der Waals surface area contributed by atoms with Crippen LogP contribution in [0.25, 0.3) is 87.9 Å². The number of hydrogen-bond donors (Lipinski definition) is 7. The fraction of sp³-hybridized carbons (Fsp3) is 0.357. The van der Waals surface area contributed by atoms with Gasteiger partial charge in [-0.1, -0.05) is 147 Å². The minimum atomic E-state index is -3.83. The number of H-pyrrole nitrogens is 3. The van der Waals surface area contributed by atoms with E-state index in [-0.39, 0.29) is 90.9 Å². The molecule has 4 fully saturated rings. The van der Waals surface area contributed by atoms with Crippen molar-refractivity contribution in [2.45, 2.75) is 234 Å². The van der Waals surface area contributed by atoms with Crippen LogP contribution in [0.3, 0.4) is 0 Å². The fourth-order valence-electron chi connectivity index (χ4n) is 18.2. The molecular weight excluding hydrogens is 1950 g/mol. The van der Waals surface area contributed by atoms with E-state index in [1.807, 2.05) is 112 Å². The summed E-state index contributed by atoms with van der Waals surface area (Å²) in [7, 11) is -5.17. The van der Waals surface area contributed by atoms with Gasteiger partial charge >= 0.3 is 31.2 Å². The van der Waals surface area contributed by atoms with Crippen LogP contribution in [0.4, 0.5) is 31.5 Å². The van der Waals surface area contributed by atoms with Crippen LogP contribution >= 0.6 is 28.3 Å². The Morgan fingerprint density at radius 3 is 1.41 bits per heavy atom. The summed E-state index contributed by atoms with van der Waals surface area (Å²) in [6.45, 7) is 30.3. The van der Waals surface area contributed by atoms with Crippen LogP contribution in [0.15, 0.2) is 259 Å². The second kappa shape index (κ2) is 52.1. The first-order valence-corrected chi connectivity index (χ1v) is 50.8. The maximum Gasteiger partial charge on any atom is 0.488 e. The lowest BCUT2D eigenvalue weighted by Crippen LogP contribution is -2.42. The molecule has 1 saturated carbocycles. The van der Waals surface area contributed by atoms with E-state index >= 15 is 0 Å². The van der Waals surface area contributed by atoms with Gasteiger partial charge in [0, 0.05) is 139 Å². The molecule has 1 aliphatic carbocycles. The van der Waals surface area contributed by atoms with E-state index < -0.39 is 58.0 Å². The molecule has 4 aliphatic rings. The van der Waals surface area contributed by atoms with E-state index in [0.717, 1.165) is 162 Å². The molecular formula is C115H136BBrClF5N8O13S. The van der Waals surface area contributed by atoms with Gasteiger partial charge < -0.3 is 68.6 Å². The molecule has 8 heterocycles. The van der Waals surface area contributed by atoms with E-state index in [2.05, 4.69) is 115 Å². The molecule has 5 aromatic heterocycles. The molecule has 4 atom stereocenters. The number of nitrogens with zero attached hydrogens (tertiary/aromatic N) is 4. The third-order valence-corrected chi connectivity index (χ3v) is 27.2. The maximum atomic E-state index is 14.1. The van der Waals surface area contributed by atoms with Crippen LogP contribution in [-0.2, 0) is 51.2 Å². The maximum absolute atomic E-state index is 14.1. The van der Waals surface area contributed by atoms with Gasteiger partial charge in [0.2, 0.25) is 0 Å². The fourth-order valence-corrected chi connectivity index (χ4v) is 19.6. The van der Waals surface area contributed by atoms with Gasteiger partial charge in [-0.05, 0) is 325 Å². The average Bonchev–Trinajstić information content (AvgIpc) is 1.62. The van der Waals surface area contributed by atoms with Gasteiger partial charge in [-0.25, -0.2) is 31.5 Å². The van der Waals surface area contributed by atoms with Crippen molar-refractivity contribution < 1.29 is 83.1 Å². The number of ether oxygens (including phenoxy) is 3. The van der Waals surface area contributed by atoms with Crippen LogP contribution in [0, 0.1) is 75.5 Å². The van der Waals surface area contributed by atoms with Crippen molar-refractivity contribution in [2.24, 2.45) is 11.8 Å². The minimum Gasteiger partial charge on any atom is -0.481 e. The van der Waals surface area contributed by atoms with Crippen LogP contribution in [0.1, 0.15) is 175 Å². The van der Waals surface area contributed by atoms with E-state index in [4.69, 9.17) is 28.4 Å². The topological polar surface area (TPSA) is 276 Å². The molecule has 2 amide bonds. The lowest BCUT2D eigenvalue weighted by molar-refractivity contribution is -0.161. The Morgan fingerprint density at radius 2 is 0.917 bits per heavy atom. The molecule has 0 bridgehead atoms. The first-order valence-electron chi connectivity index (χ1n) is 48.6. The quantitative estimate of drug-likeness (QED) is 0.0156. The molecule has 30 heteroatoms. The summed E-state index contributed by atoms with van der Waals surface area (Å²) >= 11 is 3.30. The smallest absolute Gasteiger partial charge is 0.481 e. The average molecular weight is 2090 g/mol. The van der Waals surface area contributed by atoms with Gasteiger partial charge in [-0.15, -0.1) is 12.4 Å². The number of benzene rings is 10. The highest BCUT2D eigenvalue weighted by Crippen LogP contribution is 2.39. The second-order valence-electron chi connectivity index (χ2n) is 39.7. The second-order valence-corrected chi connectivity index (χ2v) is 42.2. The standard InChI is InChI=1S/C25H29FN2O2.C20H21FN2.C17H25NO5S.C15H12FN.C14H24O4.C8H5BrFN.C8H6FN.C7H9BO2.CH4.ClH/c1-17-8-5-6-10-20(17)22-16-27(23-12-11-18(26)14-21(22)23)15-19-9-7-13-28(19)24(29)30-25(2,3)4;1-14-5-2-3-7-17(14)19-13-23(12-16-6-4-10-22-16)20-9-8-15(21)11-18(19)20;1-13-7-9-15(10-8-13)24(20,21)22-12-14-6-5-11-18(14)16(19)23-17(2,3)4;1-10-4-2-3-5-12(10)14-9-17-15-7-6-11(16)8-13(14)15;1-14(2,3)18-12(15)9-11(13(16)17)10-7-5-4-6-8-10;9-7-4-11-8-2-1-5(10)3-6(7)8;9-7-1-2-8-6(5-7)3-4-10-8;1-6-4-2-3-5-7(6)8(9)10;;/h5-6,8,10-12,14,16,19H,7,9,13,15H2,1-4H3;2-3,5,7-9,11,13,16,22H,4,6,10,12H2,1H3;7-10,14H,5-6,11-12H2,1-4H3;2-9,17H,1H3;10-11H,4-9H2,1-3H3,(H,16,17);1-4,11H;1-5,10H;2-5,9-10H,1H3;1H4;1H/t19-;16-;14-;;11-;;;;;/m000.0...../s1. The highest BCUT2D eigenvalue weighted by molar-refractivity contribution is 9.10. The molecule has 0 spiro atoms. The normalized spacial score (nSPS) is 15.3. The Bertz CT molecular complexity index is 6960. The van der Waals surface area contributed by atoms with Crippen molar-refractivity contribution in [3.05, 3.63) is 311 Å². The van der Waals surface area contributed by atoms with Crippen molar-refractivity contribution in [2.75, 3.05) is 26.2 Å². The Labute approximate surface area is 862 Å². The summed E-state index contributed by atoms with van der Waals surface area (Å²) in [6, 6.07) is 64.6. The number of aromatic amines is 3. The highest BCUT2D eigenvalue weighted by atomic mass is 79.9. The molecule has 3 saturated heterocycles. The molecule has 145 heavy (non-hydrogen) atoms. The number of carbonyl (C=O) groups excluding carboxylic acids is 3. The predicted octanol–water partition coefficient (Wildman–Crippen LogP) is 27.2. The van der Waals surface area contributed by atoms with E-state index in [1.54, 1.807) is 126 Å². The Hall–Kier alpha value is -12.3. The predicted molar refractivity (Wildman–Crippen MR) is 577 cm³/mol. The third-order valence-electron chi connectivity index (χ3n) is 25.3. The molecule has 21 nitrogen and oxygen atoms in total. The van der Waals surface area contributed by atoms with Crippen molar-refractivity contribution in [3.63, 3.8) is 0 Å². The van der Waals surface area contributed by atoms with Crippen LogP contribution < -0.4 is 10.8 Å². The Kier molecular flexibility index (Phi) is 41.2. The number of rotatable bonds is 16. The number of fused-ring (bicyclic) bond motifs is 5. The van der Waals surface area contributed by atoms with Gasteiger partial charge in [-0.2, -0.15) is 8.42 Å².